The molecular formula is C21H20N4O2. The Morgan fingerprint density at radius 3 is 2.63 bits per heavy atom. The quantitative estimate of drug-likeness (QED) is 0.709. The molecule has 0 aliphatic heterocycles. The van der Waals surface area contributed by atoms with Crippen molar-refractivity contribution in [2.75, 3.05) is 7.11 Å². The van der Waals surface area contributed by atoms with Gasteiger partial charge in [-0.1, -0.05) is 30.3 Å². The molecule has 6 heteroatoms. The van der Waals surface area contributed by atoms with Crippen LogP contribution in [0.4, 0.5) is 5.69 Å². The zero-order valence-electron chi connectivity index (χ0n) is 15.2. The minimum atomic E-state index is -0.353. The predicted octanol–water partition coefficient (Wildman–Crippen LogP) is 3.14. The number of para-hydroxylation sites is 1. The highest BCUT2D eigenvalue weighted by Gasteiger charge is 2.15. The summed E-state index contributed by atoms with van der Waals surface area (Å²) in [7, 11) is 1.45. The third-order valence-electron chi connectivity index (χ3n) is 3.87. The van der Waals surface area contributed by atoms with Crippen LogP contribution in [0.1, 0.15) is 11.3 Å². The first-order chi connectivity index (χ1) is 13.1. The molecule has 0 fully saturated rings. The second-order valence-corrected chi connectivity index (χ2v) is 5.85. The van der Waals surface area contributed by atoms with Crippen LogP contribution in [0.2, 0.25) is 0 Å². The molecule has 136 valence electrons. The van der Waals surface area contributed by atoms with Gasteiger partial charge in [-0.3, -0.25) is 4.79 Å². The number of rotatable bonds is 5. The molecule has 0 radical (unpaired) electrons. The molecule has 0 bridgehead atoms. The van der Waals surface area contributed by atoms with E-state index in [9.17, 15) is 4.79 Å². The summed E-state index contributed by atoms with van der Waals surface area (Å²) in [6.07, 6.45) is 4.45. The molecule has 0 spiro atoms. The zero-order valence-corrected chi connectivity index (χ0v) is 15.2. The van der Waals surface area contributed by atoms with Crippen molar-refractivity contribution in [3.05, 3.63) is 94.6 Å². The molecule has 0 unspecified atom stereocenters. The van der Waals surface area contributed by atoms with Crippen molar-refractivity contribution in [1.29, 1.82) is 0 Å². The molecule has 3 aromatic rings. The monoisotopic (exact) mass is 360 g/mol. The van der Waals surface area contributed by atoms with Crippen molar-refractivity contribution in [2.45, 2.75) is 6.92 Å². The van der Waals surface area contributed by atoms with Crippen molar-refractivity contribution in [3.8, 4) is 11.4 Å². The molecule has 0 atom stereocenters. The van der Waals surface area contributed by atoms with Crippen LogP contribution in [0, 0.1) is 6.92 Å². The van der Waals surface area contributed by atoms with E-state index in [1.54, 1.807) is 17.0 Å². The highest BCUT2D eigenvalue weighted by molar-refractivity contribution is 6.08. The van der Waals surface area contributed by atoms with Gasteiger partial charge in [0.1, 0.15) is 0 Å². The smallest absolute Gasteiger partial charge is 0.251 e. The Balaban J connectivity index is 2.22. The summed E-state index contributed by atoms with van der Waals surface area (Å²) in [6.45, 7) is 1.99. The van der Waals surface area contributed by atoms with Gasteiger partial charge in [-0.2, -0.15) is 5.10 Å². The third-order valence-corrected chi connectivity index (χ3v) is 3.87. The Bertz CT molecular complexity index is 1050. The van der Waals surface area contributed by atoms with E-state index in [4.69, 9.17) is 10.5 Å². The van der Waals surface area contributed by atoms with Crippen LogP contribution in [0.15, 0.2) is 82.9 Å². The Kier molecular flexibility index (Phi) is 5.47. The summed E-state index contributed by atoms with van der Waals surface area (Å²) >= 11 is 0. The van der Waals surface area contributed by atoms with Crippen LogP contribution >= 0.6 is 0 Å². The summed E-state index contributed by atoms with van der Waals surface area (Å²) in [5, 5.41) is 4.49. The van der Waals surface area contributed by atoms with Crippen LogP contribution in [0.3, 0.4) is 0 Å². The van der Waals surface area contributed by atoms with Crippen molar-refractivity contribution < 1.29 is 4.74 Å². The molecule has 3 rings (SSSR count). The first-order valence-electron chi connectivity index (χ1n) is 8.40. The summed E-state index contributed by atoms with van der Waals surface area (Å²) in [5.74, 6) is 0.174. The zero-order chi connectivity index (χ0) is 19.2. The summed E-state index contributed by atoms with van der Waals surface area (Å²) in [4.78, 5) is 17.3. The number of aromatic nitrogens is 2. The maximum atomic E-state index is 12.8. The van der Waals surface area contributed by atoms with Gasteiger partial charge in [-0.15, -0.1) is 0 Å². The number of hydrogen-bond acceptors (Lipinski definition) is 5. The maximum Gasteiger partial charge on any atom is 0.251 e. The maximum absolute atomic E-state index is 12.8. The minimum Gasteiger partial charge on any atom is -0.491 e. The number of allylic oxidation sites excluding steroid dienone is 1. The van der Waals surface area contributed by atoms with Crippen LogP contribution in [-0.4, -0.2) is 22.6 Å². The standard InChI is InChI=1S/C21H20N4O2/c1-15-7-6-10-17(13-15)25-14-19(27-2)21(26)20(24-25)18(11-12-22)23-16-8-4-3-5-9-16/h3-14H,22H2,1-2H3. The van der Waals surface area contributed by atoms with E-state index >= 15 is 0 Å². The number of hydrogen-bond donors (Lipinski definition) is 1. The molecular weight excluding hydrogens is 340 g/mol. The third kappa shape index (κ3) is 4.12. The van der Waals surface area contributed by atoms with E-state index < -0.39 is 0 Å². The topological polar surface area (TPSA) is 82.5 Å². The normalized spacial score (nSPS) is 11.7. The largest absolute Gasteiger partial charge is 0.491 e. The lowest BCUT2D eigenvalue weighted by molar-refractivity contribution is 0.405. The van der Waals surface area contributed by atoms with Crippen molar-refractivity contribution in [3.63, 3.8) is 0 Å². The molecule has 0 amide bonds. The lowest BCUT2D eigenvalue weighted by atomic mass is 10.2. The SMILES string of the molecule is COc1cn(-c2cccc(C)c2)nc(C(C=CN)=Nc2ccccc2)c1=O. The first-order valence-corrected chi connectivity index (χ1v) is 8.40. The van der Waals surface area contributed by atoms with Gasteiger partial charge in [0.05, 0.1) is 30.4 Å². The number of nitrogens with zero attached hydrogens (tertiary/aromatic N) is 3. The molecule has 0 aliphatic carbocycles. The van der Waals surface area contributed by atoms with Crippen LogP contribution < -0.4 is 15.9 Å². The average molecular weight is 360 g/mol. The number of nitrogens with two attached hydrogens (primary N) is 1. The lowest BCUT2D eigenvalue weighted by Crippen LogP contribution is -2.22. The van der Waals surface area contributed by atoms with Crippen molar-refractivity contribution in [2.24, 2.45) is 10.7 Å². The van der Waals surface area contributed by atoms with Gasteiger partial charge in [-0.05, 0) is 49.0 Å². The molecule has 1 aromatic heterocycles. The molecule has 6 nitrogen and oxygen atoms in total. The number of methoxy groups -OCH3 is 1. The number of ether oxygens (including phenoxy) is 1. The minimum absolute atomic E-state index is 0.154. The molecule has 0 saturated carbocycles. The van der Waals surface area contributed by atoms with E-state index in [2.05, 4.69) is 10.1 Å². The summed E-state index contributed by atoms with van der Waals surface area (Å²) < 4.78 is 6.88. The van der Waals surface area contributed by atoms with Crippen LogP contribution in [0.5, 0.6) is 5.75 Å². The van der Waals surface area contributed by atoms with E-state index in [1.165, 1.54) is 13.3 Å². The van der Waals surface area contributed by atoms with Crippen molar-refractivity contribution in [1.82, 2.24) is 9.78 Å². The molecule has 0 aliphatic rings. The van der Waals surface area contributed by atoms with Gasteiger partial charge in [-0.25, -0.2) is 9.67 Å². The fourth-order valence-corrected chi connectivity index (χ4v) is 2.59. The number of aliphatic imine (C=N–C) groups is 1. The molecule has 2 N–H and O–H groups in total. The van der Waals surface area contributed by atoms with Crippen LogP contribution in [0.25, 0.3) is 5.69 Å². The molecule has 27 heavy (non-hydrogen) atoms. The van der Waals surface area contributed by atoms with Gasteiger partial charge < -0.3 is 10.5 Å². The Morgan fingerprint density at radius 1 is 1.19 bits per heavy atom. The van der Waals surface area contributed by atoms with Gasteiger partial charge >= 0.3 is 0 Å². The first kappa shape index (κ1) is 18.1. The van der Waals surface area contributed by atoms with Crippen molar-refractivity contribution >= 4 is 11.4 Å². The fourth-order valence-electron chi connectivity index (χ4n) is 2.59. The fraction of sp³-hybridized carbons (Fsp3) is 0.0952. The van der Waals surface area contributed by atoms with E-state index in [1.807, 2.05) is 61.5 Å². The molecule has 2 aromatic carbocycles. The van der Waals surface area contributed by atoms with Gasteiger partial charge in [0, 0.05) is 0 Å². The highest BCUT2D eigenvalue weighted by Crippen LogP contribution is 2.15. The Hall–Kier alpha value is -3.67. The van der Waals surface area contributed by atoms with Gasteiger partial charge in [0.2, 0.25) is 0 Å². The Morgan fingerprint density at radius 2 is 1.96 bits per heavy atom. The van der Waals surface area contributed by atoms with Gasteiger partial charge in [0.25, 0.3) is 5.43 Å². The summed E-state index contributed by atoms with van der Waals surface area (Å²) in [5.41, 5.74) is 8.32. The average Bonchev–Trinajstić information content (AvgIpc) is 2.69. The molecule has 0 saturated heterocycles. The van der Waals surface area contributed by atoms with Gasteiger partial charge in [0.15, 0.2) is 11.4 Å². The molecule has 1 heterocycles. The number of aryl methyl sites for hydroxylation is 1. The predicted molar refractivity (Wildman–Crippen MR) is 107 cm³/mol. The van der Waals surface area contributed by atoms with E-state index in [0.717, 1.165) is 11.3 Å². The lowest BCUT2D eigenvalue weighted by Gasteiger charge is -2.11. The van der Waals surface area contributed by atoms with E-state index in [-0.39, 0.29) is 16.9 Å². The number of benzene rings is 2. The van der Waals surface area contributed by atoms with Crippen LogP contribution in [-0.2, 0) is 0 Å². The van der Waals surface area contributed by atoms with E-state index in [0.29, 0.717) is 11.4 Å². The highest BCUT2D eigenvalue weighted by atomic mass is 16.5. The second kappa shape index (κ2) is 8.14. The summed E-state index contributed by atoms with van der Waals surface area (Å²) in [6, 6.07) is 17.1. The second-order valence-electron chi connectivity index (χ2n) is 5.85. The Labute approximate surface area is 157 Å².